The molecule has 0 unspecified atom stereocenters. The van der Waals surface area contributed by atoms with Gasteiger partial charge < -0.3 is 10.6 Å². The number of benzene rings is 4. The summed E-state index contributed by atoms with van der Waals surface area (Å²) in [5.74, 6) is -0.200. The lowest BCUT2D eigenvalue weighted by molar-refractivity contribution is -0.113. The van der Waals surface area contributed by atoms with Gasteiger partial charge in [-0.25, -0.2) is 0 Å². The summed E-state index contributed by atoms with van der Waals surface area (Å²) in [6.07, 6.45) is 2.32. The Hall–Kier alpha value is -4.95. The van der Waals surface area contributed by atoms with Crippen LogP contribution in [0.25, 0.3) is 6.08 Å². The van der Waals surface area contributed by atoms with Crippen molar-refractivity contribution in [3.05, 3.63) is 137 Å². The molecule has 1 heterocycles. The van der Waals surface area contributed by atoms with Crippen molar-refractivity contribution < 1.29 is 19.2 Å². The lowest BCUT2D eigenvalue weighted by atomic mass is 10.0. The second kappa shape index (κ2) is 14.0. The maximum Gasteiger partial charge on any atom is 0.272 e. The Morgan fingerprint density at radius 2 is 1.41 bits per heavy atom. The molecule has 0 atom stereocenters. The molecular weight excluding hydrogens is 570 g/mol. The van der Waals surface area contributed by atoms with Crippen LogP contribution in [-0.2, 0) is 4.79 Å². The highest BCUT2D eigenvalue weighted by atomic mass is 32.2. The summed E-state index contributed by atoms with van der Waals surface area (Å²) in [6, 6.07) is 30.9. The molecular formula is C36H33N3O4S. The number of hydrogen-bond acceptors (Lipinski definition) is 5. The Balaban J connectivity index is 1.19. The van der Waals surface area contributed by atoms with Gasteiger partial charge >= 0.3 is 0 Å². The summed E-state index contributed by atoms with van der Waals surface area (Å²) in [7, 11) is 0. The summed E-state index contributed by atoms with van der Waals surface area (Å²) >= 11 is 1.60. The van der Waals surface area contributed by atoms with Crippen molar-refractivity contribution in [2.24, 2.45) is 0 Å². The van der Waals surface area contributed by atoms with Gasteiger partial charge in [0.1, 0.15) is 5.70 Å². The molecule has 4 aromatic carbocycles. The zero-order chi connectivity index (χ0) is 31.1. The Bertz CT molecular complexity index is 1660. The van der Waals surface area contributed by atoms with Crippen LogP contribution in [-0.4, -0.2) is 40.8 Å². The van der Waals surface area contributed by atoms with Gasteiger partial charge in [0.05, 0.1) is 11.1 Å². The fourth-order valence-corrected chi connectivity index (χ4v) is 5.61. The Labute approximate surface area is 261 Å². The van der Waals surface area contributed by atoms with Gasteiger partial charge in [0, 0.05) is 22.7 Å². The number of anilines is 1. The zero-order valence-corrected chi connectivity index (χ0v) is 25.4. The van der Waals surface area contributed by atoms with Gasteiger partial charge in [-0.15, -0.1) is 11.8 Å². The minimum atomic E-state index is -0.441. The predicted octanol–water partition coefficient (Wildman–Crippen LogP) is 7.00. The monoisotopic (exact) mass is 603 g/mol. The van der Waals surface area contributed by atoms with Crippen molar-refractivity contribution in [1.82, 2.24) is 10.2 Å². The first-order valence-electron chi connectivity index (χ1n) is 14.5. The van der Waals surface area contributed by atoms with E-state index in [0.717, 1.165) is 10.5 Å². The maximum absolute atomic E-state index is 13.4. The van der Waals surface area contributed by atoms with Crippen LogP contribution < -0.4 is 10.6 Å². The first kappa shape index (κ1) is 30.5. The molecule has 0 fully saturated rings. The van der Waals surface area contributed by atoms with E-state index < -0.39 is 5.91 Å². The standard InChI is InChI=1S/C36H33N3O4S/c1-24(2)26-15-13-25(14-16-26)23-32(38-33(40)27-9-4-3-5-10-27)34(41)37-28-17-19-29(20-18-28)44-22-8-21-39-35(42)30-11-6-7-12-31(30)36(39)43/h3-7,9-20,23-24H,8,21-22H2,1-2H3,(H,37,41)(H,38,40)/b32-23-. The average molecular weight is 604 g/mol. The second-order valence-corrected chi connectivity index (χ2v) is 11.9. The van der Waals surface area contributed by atoms with Crippen molar-refractivity contribution in [2.45, 2.75) is 31.1 Å². The molecule has 0 aromatic heterocycles. The normalized spacial score (nSPS) is 12.8. The van der Waals surface area contributed by atoms with Crippen LogP contribution in [0.5, 0.6) is 0 Å². The van der Waals surface area contributed by atoms with Gasteiger partial charge in [0.25, 0.3) is 23.6 Å². The molecule has 44 heavy (non-hydrogen) atoms. The molecule has 0 saturated heterocycles. The van der Waals surface area contributed by atoms with Crippen molar-refractivity contribution in [3.8, 4) is 0 Å². The van der Waals surface area contributed by atoms with E-state index in [-0.39, 0.29) is 23.4 Å². The molecule has 7 nitrogen and oxygen atoms in total. The van der Waals surface area contributed by atoms with Crippen LogP contribution in [0.2, 0.25) is 0 Å². The summed E-state index contributed by atoms with van der Waals surface area (Å²) in [5.41, 5.74) is 4.06. The van der Waals surface area contributed by atoms with Crippen molar-refractivity contribution >= 4 is 47.2 Å². The quantitative estimate of drug-likeness (QED) is 0.0833. The van der Waals surface area contributed by atoms with Gasteiger partial charge in [-0.2, -0.15) is 0 Å². The number of nitrogens with zero attached hydrogens (tertiary/aromatic N) is 1. The summed E-state index contributed by atoms with van der Waals surface area (Å²) < 4.78 is 0. The number of nitrogens with one attached hydrogen (secondary N) is 2. The highest BCUT2D eigenvalue weighted by molar-refractivity contribution is 7.99. The Morgan fingerprint density at radius 1 is 0.795 bits per heavy atom. The molecule has 0 spiro atoms. The smallest absolute Gasteiger partial charge is 0.272 e. The van der Waals surface area contributed by atoms with Gasteiger partial charge in [-0.3, -0.25) is 24.1 Å². The lowest BCUT2D eigenvalue weighted by Crippen LogP contribution is -2.31. The van der Waals surface area contributed by atoms with Gasteiger partial charge in [0.2, 0.25) is 0 Å². The summed E-state index contributed by atoms with van der Waals surface area (Å²) in [5, 5.41) is 5.66. The largest absolute Gasteiger partial charge is 0.321 e. The van der Waals surface area contributed by atoms with Crippen molar-refractivity contribution in [2.75, 3.05) is 17.6 Å². The molecule has 1 aliphatic rings. The average Bonchev–Trinajstić information content (AvgIpc) is 3.29. The number of fused-ring (bicyclic) bond motifs is 1. The highest BCUT2D eigenvalue weighted by Crippen LogP contribution is 2.25. The minimum Gasteiger partial charge on any atom is -0.321 e. The summed E-state index contributed by atoms with van der Waals surface area (Å²) in [6.45, 7) is 4.59. The molecule has 5 rings (SSSR count). The molecule has 222 valence electrons. The van der Waals surface area contributed by atoms with E-state index in [1.165, 1.54) is 10.5 Å². The number of carbonyl (C=O) groups is 4. The third-order valence-electron chi connectivity index (χ3n) is 7.23. The first-order valence-corrected chi connectivity index (χ1v) is 15.5. The number of carbonyl (C=O) groups excluding carboxylic acids is 4. The molecule has 0 radical (unpaired) electrons. The SMILES string of the molecule is CC(C)c1ccc(/C=C(\NC(=O)c2ccccc2)C(=O)Nc2ccc(SCCCN3C(=O)c4ccccc4C3=O)cc2)cc1. The van der Waals surface area contributed by atoms with Crippen LogP contribution in [0.3, 0.4) is 0 Å². The van der Waals surface area contributed by atoms with Gasteiger partial charge in [-0.1, -0.05) is 68.4 Å². The highest BCUT2D eigenvalue weighted by Gasteiger charge is 2.34. The lowest BCUT2D eigenvalue weighted by Gasteiger charge is -2.13. The van der Waals surface area contributed by atoms with Crippen LogP contribution >= 0.6 is 11.8 Å². The van der Waals surface area contributed by atoms with Crippen LogP contribution in [0.1, 0.15) is 68.4 Å². The van der Waals surface area contributed by atoms with E-state index in [4.69, 9.17) is 0 Å². The van der Waals surface area contributed by atoms with E-state index >= 15 is 0 Å². The number of imide groups is 1. The topological polar surface area (TPSA) is 95.6 Å². The molecule has 2 N–H and O–H groups in total. The van der Waals surface area contributed by atoms with E-state index in [1.54, 1.807) is 78.5 Å². The maximum atomic E-state index is 13.4. The van der Waals surface area contributed by atoms with E-state index in [1.807, 2.05) is 42.5 Å². The molecule has 1 aliphatic heterocycles. The number of thioether (sulfide) groups is 1. The Kier molecular flexibility index (Phi) is 9.72. The van der Waals surface area contributed by atoms with Crippen molar-refractivity contribution in [1.29, 1.82) is 0 Å². The zero-order valence-electron chi connectivity index (χ0n) is 24.6. The van der Waals surface area contributed by atoms with E-state index in [0.29, 0.717) is 47.0 Å². The molecule has 4 aromatic rings. The number of amides is 4. The third kappa shape index (κ3) is 7.33. The predicted molar refractivity (Wildman–Crippen MR) is 175 cm³/mol. The number of rotatable bonds is 11. The molecule has 0 aliphatic carbocycles. The minimum absolute atomic E-state index is 0.128. The first-order chi connectivity index (χ1) is 21.3. The molecule has 8 heteroatoms. The van der Waals surface area contributed by atoms with Crippen LogP contribution in [0.15, 0.2) is 114 Å². The van der Waals surface area contributed by atoms with Gasteiger partial charge in [0.15, 0.2) is 0 Å². The van der Waals surface area contributed by atoms with Crippen LogP contribution in [0.4, 0.5) is 5.69 Å². The van der Waals surface area contributed by atoms with Crippen LogP contribution in [0, 0.1) is 0 Å². The molecule has 0 bridgehead atoms. The third-order valence-corrected chi connectivity index (χ3v) is 8.33. The van der Waals surface area contributed by atoms with Crippen molar-refractivity contribution in [3.63, 3.8) is 0 Å². The molecule has 0 saturated carbocycles. The van der Waals surface area contributed by atoms with E-state index in [2.05, 4.69) is 24.5 Å². The van der Waals surface area contributed by atoms with E-state index in [9.17, 15) is 19.2 Å². The summed E-state index contributed by atoms with van der Waals surface area (Å²) in [4.78, 5) is 53.7. The van der Waals surface area contributed by atoms with Gasteiger partial charge in [-0.05, 0) is 83.8 Å². The Morgan fingerprint density at radius 3 is 2.02 bits per heavy atom. The molecule has 4 amide bonds. The number of hydrogen-bond donors (Lipinski definition) is 2. The second-order valence-electron chi connectivity index (χ2n) is 10.7. The fraction of sp³-hybridized carbons (Fsp3) is 0.167. The fourth-order valence-electron chi connectivity index (χ4n) is 4.77.